The van der Waals surface area contributed by atoms with Crippen LogP contribution in [-0.4, -0.2) is 5.91 Å². The minimum atomic E-state index is -0.906. The highest BCUT2D eigenvalue weighted by Crippen LogP contribution is 2.19. The van der Waals surface area contributed by atoms with Gasteiger partial charge < -0.3 is 5.32 Å². The molecule has 0 saturated heterocycles. The first kappa shape index (κ1) is 16.3. The van der Waals surface area contributed by atoms with Crippen LogP contribution < -0.4 is 5.32 Å². The smallest absolute Gasteiger partial charge is 0.266 e. The quantitative estimate of drug-likeness (QED) is 0.559. The van der Waals surface area contributed by atoms with Crippen molar-refractivity contribution in [2.24, 2.45) is 0 Å². The highest BCUT2D eigenvalue weighted by atomic mass is 19.1. The Morgan fingerprint density at radius 3 is 2.48 bits per heavy atom. The van der Waals surface area contributed by atoms with Crippen LogP contribution in [0.4, 0.5) is 14.5 Å². The maximum atomic E-state index is 13.6. The lowest BCUT2D eigenvalue weighted by atomic mass is 10.0. The SMILES string of the molecule is N#C/C(=C\c1ccc2ccccc2c1)C(=O)Nc1ccc(F)cc1F. The van der Waals surface area contributed by atoms with Crippen LogP contribution in [0.5, 0.6) is 0 Å². The van der Waals surface area contributed by atoms with Crippen LogP contribution in [0.15, 0.2) is 66.2 Å². The van der Waals surface area contributed by atoms with E-state index in [1.54, 1.807) is 12.1 Å². The molecule has 0 bridgehead atoms. The zero-order valence-electron chi connectivity index (χ0n) is 13.0. The molecule has 5 heteroatoms. The van der Waals surface area contributed by atoms with Crippen LogP contribution in [0, 0.1) is 23.0 Å². The molecule has 3 rings (SSSR count). The normalized spacial score (nSPS) is 11.2. The highest BCUT2D eigenvalue weighted by Gasteiger charge is 2.12. The lowest BCUT2D eigenvalue weighted by Crippen LogP contribution is -2.14. The van der Waals surface area contributed by atoms with Gasteiger partial charge in [-0.05, 0) is 40.6 Å². The first-order valence-electron chi connectivity index (χ1n) is 7.44. The molecule has 0 unspecified atom stereocenters. The Labute approximate surface area is 142 Å². The topological polar surface area (TPSA) is 52.9 Å². The number of rotatable bonds is 3. The van der Waals surface area contributed by atoms with Gasteiger partial charge in [0.15, 0.2) is 0 Å². The average Bonchev–Trinajstić information content (AvgIpc) is 2.61. The first-order valence-corrected chi connectivity index (χ1v) is 7.44. The van der Waals surface area contributed by atoms with Crippen LogP contribution in [0.2, 0.25) is 0 Å². The van der Waals surface area contributed by atoms with Crippen molar-refractivity contribution in [1.29, 1.82) is 5.26 Å². The zero-order chi connectivity index (χ0) is 17.8. The summed E-state index contributed by atoms with van der Waals surface area (Å²) in [6.07, 6.45) is 1.42. The van der Waals surface area contributed by atoms with Gasteiger partial charge in [-0.3, -0.25) is 4.79 Å². The Hall–Kier alpha value is -3.52. The number of nitrogens with zero attached hydrogens (tertiary/aromatic N) is 1. The van der Waals surface area contributed by atoms with Gasteiger partial charge in [-0.1, -0.05) is 36.4 Å². The number of hydrogen-bond acceptors (Lipinski definition) is 2. The summed E-state index contributed by atoms with van der Waals surface area (Å²) >= 11 is 0. The van der Waals surface area contributed by atoms with Crippen LogP contribution in [-0.2, 0) is 4.79 Å². The van der Waals surface area contributed by atoms with Gasteiger partial charge in [-0.25, -0.2) is 8.78 Å². The molecule has 0 saturated carbocycles. The molecule has 0 radical (unpaired) electrons. The molecule has 0 fully saturated rings. The maximum Gasteiger partial charge on any atom is 0.266 e. The lowest BCUT2D eigenvalue weighted by molar-refractivity contribution is -0.112. The van der Waals surface area contributed by atoms with Gasteiger partial charge in [0.2, 0.25) is 0 Å². The predicted molar refractivity (Wildman–Crippen MR) is 92.5 cm³/mol. The van der Waals surface area contributed by atoms with Crippen molar-refractivity contribution in [3.63, 3.8) is 0 Å². The van der Waals surface area contributed by atoms with E-state index in [2.05, 4.69) is 5.32 Å². The van der Waals surface area contributed by atoms with Crippen molar-refractivity contribution >= 4 is 28.4 Å². The Kier molecular flexibility index (Phi) is 4.53. The molecule has 1 N–H and O–H groups in total. The van der Waals surface area contributed by atoms with E-state index in [0.29, 0.717) is 11.6 Å². The Balaban J connectivity index is 1.88. The number of fused-ring (bicyclic) bond motifs is 1. The van der Waals surface area contributed by atoms with Crippen molar-refractivity contribution in [3.05, 3.63) is 83.4 Å². The second kappa shape index (κ2) is 6.93. The number of hydrogen-bond donors (Lipinski definition) is 1. The maximum absolute atomic E-state index is 13.6. The van der Waals surface area contributed by atoms with Crippen molar-refractivity contribution < 1.29 is 13.6 Å². The summed E-state index contributed by atoms with van der Waals surface area (Å²) in [7, 11) is 0. The number of carbonyl (C=O) groups is 1. The van der Waals surface area contributed by atoms with Gasteiger partial charge in [0.05, 0.1) is 5.69 Å². The van der Waals surface area contributed by atoms with Gasteiger partial charge >= 0.3 is 0 Å². The van der Waals surface area contributed by atoms with Gasteiger partial charge in [0.25, 0.3) is 5.91 Å². The Morgan fingerprint density at radius 1 is 1.00 bits per heavy atom. The largest absolute Gasteiger partial charge is 0.319 e. The zero-order valence-corrected chi connectivity index (χ0v) is 13.0. The molecular weight excluding hydrogens is 322 g/mol. The molecule has 0 spiro atoms. The van der Waals surface area contributed by atoms with Gasteiger partial charge in [0, 0.05) is 6.07 Å². The molecule has 122 valence electrons. The van der Waals surface area contributed by atoms with E-state index < -0.39 is 17.5 Å². The summed E-state index contributed by atoms with van der Waals surface area (Å²) in [5.74, 6) is -2.42. The molecule has 0 aliphatic carbocycles. The van der Waals surface area contributed by atoms with E-state index in [9.17, 15) is 18.8 Å². The van der Waals surface area contributed by atoms with Gasteiger partial charge in [-0.15, -0.1) is 0 Å². The molecule has 25 heavy (non-hydrogen) atoms. The third-order valence-electron chi connectivity index (χ3n) is 3.63. The molecule has 1 amide bonds. The van der Waals surface area contributed by atoms with Crippen LogP contribution in [0.1, 0.15) is 5.56 Å². The van der Waals surface area contributed by atoms with Crippen molar-refractivity contribution in [1.82, 2.24) is 0 Å². The predicted octanol–water partition coefficient (Wildman–Crippen LogP) is 4.66. The number of benzene rings is 3. The summed E-state index contributed by atoms with van der Waals surface area (Å²) in [5, 5.41) is 13.5. The Morgan fingerprint density at radius 2 is 1.76 bits per heavy atom. The van der Waals surface area contributed by atoms with Crippen LogP contribution in [0.25, 0.3) is 16.8 Å². The van der Waals surface area contributed by atoms with E-state index in [4.69, 9.17) is 0 Å². The fourth-order valence-corrected chi connectivity index (χ4v) is 2.39. The third kappa shape index (κ3) is 3.70. The summed E-state index contributed by atoms with van der Waals surface area (Å²) < 4.78 is 26.5. The van der Waals surface area contributed by atoms with Crippen molar-refractivity contribution in [2.45, 2.75) is 0 Å². The van der Waals surface area contributed by atoms with Crippen LogP contribution in [0.3, 0.4) is 0 Å². The number of anilines is 1. The molecular formula is C20H12F2N2O. The van der Waals surface area contributed by atoms with Gasteiger partial charge in [-0.2, -0.15) is 5.26 Å². The van der Waals surface area contributed by atoms with E-state index in [-0.39, 0.29) is 11.3 Å². The van der Waals surface area contributed by atoms with Crippen molar-refractivity contribution in [2.75, 3.05) is 5.32 Å². The number of amides is 1. The molecule has 0 aromatic heterocycles. The average molecular weight is 334 g/mol. The van der Waals surface area contributed by atoms with E-state index in [1.165, 1.54) is 6.08 Å². The Bertz CT molecular complexity index is 1040. The summed E-state index contributed by atoms with van der Waals surface area (Å²) in [5.41, 5.74) is 0.301. The fraction of sp³-hybridized carbons (Fsp3) is 0. The monoisotopic (exact) mass is 334 g/mol. The second-order valence-electron chi connectivity index (χ2n) is 5.35. The number of nitriles is 1. The summed E-state index contributed by atoms with van der Waals surface area (Å²) in [6.45, 7) is 0. The van der Waals surface area contributed by atoms with Crippen molar-refractivity contribution in [3.8, 4) is 6.07 Å². The standard InChI is InChI=1S/C20H12F2N2O/c21-17-7-8-19(18(22)11-17)24-20(25)16(12-23)10-13-5-6-14-3-1-2-4-15(14)9-13/h1-11H,(H,24,25)/b16-10+. The van der Waals surface area contributed by atoms with E-state index in [0.717, 1.165) is 22.9 Å². The number of halogens is 2. The lowest BCUT2D eigenvalue weighted by Gasteiger charge is -2.06. The summed E-state index contributed by atoms with van der Waals surface area (Å²) in [4.78, 5) is 12.2. The molecule has 0 aliphatic heterocycles. The molecule has 0 heterocycles. The van der Waals surface area contributed by atoms with Crippen LogP contribution >= 0.6 is 0 Å². The highest BCUT2D eigenvalue weighted by molar-refractivity contribution is 6.09. The van der Waals surface area contributed by atoms with E-state index in [1.807, 2.05) is 36.4 Å². The molecule has 3 aromatic carbocycles. The van der Waals surface area contributed by atoms with Gasteiger partial charge in [0.1, 0.15) is 23.3 Å². The minimum absolute atomic E-state index is 0.181. The first-order chi connectivity index (χ1) is 12.1. The number of carbonyl (C=O) groups excluding carboxylic acids is 1. The molecule has 3 nitrogen and oxygen atoms in total. The fourth-order valence-electron chi connectivity index (χ4n) is 2.39. The number of nitrogens with one attached hydrogen (secondary N) is 1. The molecule has 0 aliphatic rings. The minimum Gasteiger partial charge on any atom is -0.319 e. The molecule has 0 atom stereocenters. The summed E-state index contributed by atoms with van der Waals surface area (Å²) in [6, 6.07) is 17.8. The molecule has 3 aromatic rings. The van der Waals surface area contributed by atoms with E-state index >= 15 is 0 Å². The third-order valence-corrected chi connectivity index (χ3v) is 3.63. The second-order valence-corrected chi connectivity index (χ2v) is 5.35.